The molecule has 1 N–H and O–H groups in total. The van der Waals surface area contributed by atoms with Crippen LogP contribution in [0.5, 0.6) is 5.75 Å². The van der Waals surface area contributed by atoms with E-state index in [9.17, 15) is 5.11 Å². The number of ether oxygens (including phenoxy) is 2. The van der Waals surface area contributed by atoms with Crippen LogP contribution in [-0.2, 0) is 9.47 Å². The van der Waals surface area contributed by atoms with Crippen molar-refractivity contribution >= 4 is 23.4 Å². The highest BCUT2D eigenvalue weighted by molar-refractivity contribution is 7.99. The van der Waals surface area contributed by atoms with Crippen molar-refractivity contribution in [1.82, 2.24) is 20.2 Å². The van der Waals surface area contributed by atoms with Gasteiger partial charge in [0.2, 0.25) is 5.16 Å². The van der Waals surface area contributed by atoms with Crippen LogP contribution < -0.4 is 0 Å². The van der Waals surface area contributed by atoms with Gasteiger partial charge in [-0.2, -0.15) is 4.68 Å². The Hall–Kier alpha value is -2.13. The van der Waals surface area contributed by atoms with Crippen LogP contribution in [0.3, 0.4) is 0 Å². The third-order valence-electron chi connectivity index (χ3n) is 3.83. The Kier molecular flexibility index (Phi) is 5.07. The Bertz CT molecular complexity index is 872. The van der Waals surface area contributed by atoms with E-state index in [2.05, 4.69) is 15.5 Å². The van der Waals surface area contributed by atoms with Gasteiger partial charge in [-0.3, -0.25) is 0 Å². The van der Waals surface area contributed by atoms with Crippen molar-refractivity contribution in [2.75, 3.05) is 12.4 Å². The lowest BCUT2D eigenvalue weighted by Gasteiger charge is -2.11. The molecule has 9 heteroatoms. The molecule has 4 rings (SSSR count). The summed E-state index contributed by atoms with van der Waals surface area (Å²) in [5.41, 5.74) is 1.72. The molecule has 0 amide bonds. The number of phenolic OH excluding ortho intramolecular Hbond substituents is 1. The molecule has 0 unspecified atom stereocenters. The minimum atomic E-state index is -0.383. The number of phenols is 1. The maximum atomic E-state index is 9.40. The lowest BCUT2D eigenvalue weighted by molar-refractivity contribution is -0.0565. The average Bonchev–Trinajstić information content (AvgIpc) is 3.30. The summed E-state index contributed by atoms with van der Waals surface area (Å²) in [6, 6.07) is 14.1. The van der Waals surface area contributed by atoms with E-state index >= 15 is 0 Å². The van der Waals surface area contributed by atoms with Crippen molar-refractivity contribution in [3.05, 3.63) is 59.1 Å². The first kappa shape index (κ1) is 17.3. The van der Waals surface area contributed by atoms with Crippen LogP contribution in [0.2, 0.25) is 5.02 Å². The number of aromatic hydroxyl groups is 1. The van der Waals surface area contributed by atoms with E-state index in [-0.39, 0.29) is 18.1 Å². The Balaban J connectivity index is 1.37. The highest BCUT2D eigenvalue weighted by Crippen LogP contribution is 2.30. The lowest BCUT2D eigenvalue weighted by Crippen LogP contribution is -2.13. The third kappa shape index (κ3) is 3.83. The topological polar surface area (TPSA) is 82.3 Å². The monoisotopic (exact) mass is 390 g/mol. The number of benzene rings is 2. The zero-order valence-electron chi connectivity index (χ0n) is 13.5. The van der Waals surface area contributed by atoms with Crippen molar-refractivity contribution in [2.24, 2.45) is 0 Å². The molecular formula is C17H15ClN4O3S. The van der Waals surface area contributed by atoms with Crippen molar-refractivity contribution in [3.63, 3.8) is 0 Å². The maximum Gasteiger partial charge on any atom is 0.214 e. The summed E-state index contributed by atoms with van der Waals surface area (Å²) in [5, 5.41) is 22.5. The number of halogens is 1. The van der Waals surface area contributed by atoms with E-state index in [0.29, 0.717) is 22.5 Å². The van der Waals surface area contributed by atoms with E-state index in [4.69, 9.17) is 21.1 Å². The molecule has 0 saturated carbocycles. The number of thioether (sulfide) groups is 1. The summed E-state index contributed by atoms with van der Waals surface area (Å²) in [5.74, 6) is 0.850. The normalized spacial score (nSPS) is 19.7. The highest BCUT2D eigenvalue weighted by atomic mass is 35.5. The van der Waals surface area contributed by atoms with Crippen LogP contribution in [0, 0.1) is 0 Å². The molecule has 0 radical (unpaired) electrons. The number of rotatable bonds is 5. The maximum absolute atomic E-state index is 9.40. The van der Waals surface area contributed by atoms with Gasteiger partial charge < -0.3 is 14.6 Å². The van der Waals surface area contributed by atoms with Gasteiger partial charge >= 0.3 is 0 Å². The van der Waals surface area contributed by atoms with Crippen LogP contribution in [0.15, 0.2) is 53.7 Å². The van der Waals surface area contributed by atoms with Crippen LogP contribution in [0.1, 0.15) is 11.9 Å². The predicted molar refractivity (Wildman–Crippen MR) is 96.6 cm³/mol. The summed E-state index contributed by atoms with van der Waals surface area (Å²) >= 11 is 7.40. The fourth-order valence-corrected chi connectivity index (χ4v) is 3.52. The summed E-state index contributed by atoms with van der Waals surface area (Å²) in [6.45, 7) is 0.501. The molecule has 1 aromatic heterocycles. The first-order valence-electron chi connectivity index (χ1n) is 7.92. The average molecular weight is 391 g/mol. The fraction of sp³-hybridized carbons (Fsp3) is 0.235. The van der Waals surface area contributed by atoms with Crippen LogP contribution in [-0.4, -0.2) is 43.8 Å². The first-order valence-corrected chi connectivity index (χ1v) is 9.28. The predicted octanol–water partition coefficient (Wildman–Crippen LogP) is 3.23. The molecule has 1 aliphatic heterocycles. The van der Waals surface area contributed by atoms with Crippen LogP contribution in [0.4, 0.5) is 0 Å². The molecule has 3 aromatic rings. The molecule has 1 aliphatic rings. The second-order valence-electron chi connectivity index (χ2n) is 5.68. The second-order valence-corrected chi connectivity index (χ2v) is 7.10. The van der Waals surface area contributed by atoms with Crippen molar-refractivity contribution < 1.29 is 14.6 Å². The van der Waals surface area contributed by atoms with Gasteiger partial charge in [-0.15, -0.1) is 5.10 Å². The molecular weight excluding hydrogens is 376 g/mol. The largest absolute Gasteiger partial charge is 0.508 e. The Labute approximate surface area is 158 Å². The lowest BCUT2D eigenvalue weighted by atomic mass is 10.2. The molecule has 0 bridgehead atoms. The number of hydrogen-bond donors (Lipinski definition) is 1. The van der Waals surface area contributed by atoms with Gasteiger partial charge in [0.25, 0.3) is 0 Å². The molecule has 2 atom stereocenters. The smallest absolute Gasteiger partial charge is 0.214 e. The molecule has 1 fully saturated rings. The standard InChI is InChI=1S/C17H15ClN4O3S/c18-12-3-1-11(2-4-12)16-24-9-15(25-16)10-26-17-19-20-21-22(17)13-5-7-14(23)8-6-13/h1-8,15-16,23H,9-10H2/t15-,16-/m1/s1. The van der Waals surface area contributed by atoms with Gasteiger partial charge in [0.15, 0.2) is 6.29 Å². The number of nitrogens with zero attached hydrogens (tertiary/aromatic N) is 4. The zero-order valence-corrected chi connectivity index (χ0v) is 15.1. The SMILES string of the molecule is Oc1ccc(-n2nnnc2SC[C@H]2CO[C@@H](c3ccc(Cl)cc3)O2)cc1. The van der Waals surface area contributed by atoms with Crippen molar-refractivity contribution in [2.45, 2.75) is 17.6 Å². The summed E-state index contributed by atoms with van der Waals surface area (Å²) in [6.07, 6.45) is -0.448. The third-order valence-corrected chi connectivity index (χ3v) is 5.13. The van der Waals surface area contributed by atoms with E-state index in [1.165, 1.54) is 11.8 Å². The Morgan fingerprint density at radius 2 is 1.92 bits per heavy atom. The second kappa shape index (κ2) is 7.63. The number of aromatic nitrogens is 4. The van der Waals surface area contributed by atoms with Crippen molar-refractivity contribution in [3.8, 4) is 11.4 Å². The van der Waals surface area contributed by atoms with Gasteiger partial charge in [-0.05, 0) is 46.8 Å². The molecule has 134 valence electrons. The Morgan fingerprint density at radius 1 is 1.15 bits per heavy atom. The molecule has 7 nitrogen and oxygen atoms in total. The number of hydrogen-bond acceptors (Lipinski definition) is 7. The van der Waals surface area contributed by atoms with Gasteiger partial charge in [0.05, 0.1) is 18.4 Å². The molecule has 1 saturated heterocycles. The van der Waals surface area contributed by atoms with Crippen LogP contribution >= 0.6 is 23.4 Å². The van der Waals surface area contributed by atoms with Gasteiger partial charge in [0, 0.05) is 16.3 Å². The first-order chi connectivity index (χ1) is 12.7. The summed E-state index contributed by atoms with van der Waals surface area (Å²) in [4.78, 5) is 0. The quantitative estimate of drug-likeness (QED) is 0.669. The fourth-order valence-electron chi connectivity index (χ4n) is 2.52. The van der Waals surface area contributed by atoms with Crippen molar-refractivity contribution in [1.29, 1.82) is 0 Å². The van der Waals surface area contributed by atoms with E-state index in [0.717, 1.165) is 11.3 Å². The zero-order chi connectivity index (χ0) is 17.9. The van der Waals surface area contributed by atoms with E-state index < -0.39 is 0 Å². The molecule has 0 aliphatic carbocycles. The van der Waals surface area contributed by atoms with E-state index in [1.54, 1.807) is 28.9 Å². The van der Waals surface area contributed by atoms with Crippen LogP contribution in [0.25, 0.3) is 5.69 Å². The summed E-state index contributed by atoms with van der Waals surface area (Å²) in [7, 11) is 0. The molecule has 2 aromatic carbocycles. The highest BCUT2D eigenvalue weighted by Gasteiger charge is 2.28. The molecule has 2 heterocycles. The summed E-state index contributed by atoms with van der Waals surface area (Å²) < 4.78 is 13.3. The van der Waals surface area contributed by atoms with Gasteiger partial charge in [-0.1, -0.05) is 35.5 Å². The molecule has 0 spiro atoms. The van der Waals surface area contributed by atoms with E-state index in [1.807, 2.05) is 24.3 Å². The van der Waals surface area contributed by atoms with Gasteiger partial charge in [-0.25, -0.2) is 0 Å². The molecule has 26 heavy (non-hydrogen) atoms. The Morgan fingerprint density at radius 3 is 2.69 bits per heavy atom. The minimum Gasteiger partial charge on any atom is -0.508 e. The minimum absolute atomic E-state index is 0.0642. The van der Waals surface area contributed by atoms with Gasteiger partial charge in [0.1, 0.15) is 5.75 Å². The number of tetrazole rings is 1.